The van der Waals surface area contributed by atoms with Gasteiger partial charge in [0.15, 0.2) is 5.82 Å². The second kappa shape index (κ2) is 7.43. The summed E-state index contributed by atoms with van der Waals surface area (Å²) in [6, 6.07) is 9.49. The standard InChI is InChI=1S/C19H27N5O2/c1-14-20-22-24(21-14)17(15-8-6-5-7-9-15)16-10-12-23(13-11-16)18(25)26-19(2,3)4/h5-9,16-17H,10-13H2,1-4H3/i1D3. The van der Waals surface area contributed by atoms with E-state index < -0.39 is 12.5 Å². The van der Waals surface area contributed by atoms with Gasteiger partial charge in [0, 0.05) is 17.2 Å². The minimum absolute atomic E-state index is 0.134. The van der Waals surface area contributed by atoms with Crippen molar-refractivity contribution in [2.24, 2.45) is 5.92 Å². The summed E-state index contributed by atoms with van der Waals surface area (Å²) < 4.78 is 28.0. The average Bonchev–Trinajstić information content (AvgIpc) is 3.12. The highest BCUT2D eigenvalue weighted by atomic mass is 16.6. The summed E-state index contributed by atoms with van der Waals surface area (Å²) in [6.45, 7) is 4.26. The van der Waals surface area contributed by atoms with Crippen molar-refractivity contribution < 1.29 is 13.6 Å². The highest BCUT2D eigenvalue weighted by Gasteiger charge is 2.33. The molecule has 1 fully saturated rings. The Bertz CT molecular complexity index is 824. The number of nitrogens with zero attached hydrogens (tertiary/aromatic N) is 5. The number of hydrogen-bond donors (Lipinski definition) is 0. The first kappa shape index (κ1) is 14.7. The van der Waals surface area contributed by atoms with Crippen molar-refractivity contribution in [3.63, 3.8) is 0 Å². The van der Waals surface area contributed by atoms with Gasteiger partial charge in [-0.15, -0.1) is 10.2 Å². The fourth-order valence-corrected chi connectivity index (χ4v) is 3.31. The lowest BCUT2D eigenvalue weighted by Gasteiger charge is -2.36. The lowest BCUT2D eigenvalue weighted by molar-refractivity contribution is 0.0165. The van der Waals surface area contributed by atoms with Crippen molar-refractivity contribution in [2.45, 2.75) is 52.1 Å². The van der Waals surface area contributed by atoms with Gasteiger partial charge in [-0.05, 0) is 57.2 Å². The highest BCUT2D eigenvalue weighted by Crippen LogP contribution is 2.33. The number of amides is 1. The summed E-state index contributed by atoms with van der Waals surface area (Å²) >= 11 is 0. The molecule has 2 heterocycles. The number of carbonyl (C=O) groups excluding carboxylic acids is 1. The van der Waals surface area contributed by atoms with E-state index in [-0.39, 0.29) is 23.9 Å². The van der Waals surface area contributed by atoms with Gasteiger partial charge in [0.05, 0.1) is 0 Å². The lowest BCUT2D eigenvalue weighted by atomic mass is 9.86. The summed E-state index contributed by atoms with van der Waals surface area (Å²) in [7, 11) is 0. The van der Waals surface area contributed by atoms with Crippen molar-refractivity contribution in [2.75, 3.05) is 13.1 Å². The molecule has 26 heavy (non-hydrogen) atoms. The van der Waals surface area contributed by atoms with Crippen LogP contribution in [0.1, 0.15) is 55.2 Å². The number of hydrogen-bond acceptors (Lipinski definition) is 5. The molecule has 0 radical (unpaired) electrons. The van der Waals surface area contributed by atoms with Crippen LogP contribution in [0.5, 0.6) is 0 Å². The Balaban J connectivity index is 1.79. The fourth-order valence-electron chi connectivity index (χ4n) is 3.31. The molecule has 0 saturated carbocycles. The molecule has 0 aliphatic carbocycles. The SMILES string of the molecule is [2H]C([2H])([2H])c1nnn(C(c2ccccc2)C2CCN(C(=O)OC(C)(C)C)CC2)n1. The monoisotopic (exact) mass is 360 g/mol. The first-order valence-electron chi connectivity index (χ1n) is 10.4. The van der Waals surface area contributed by atoms with Crippen molar-refractivity contribution in [1.29, 1.82) is 0 Å². The van der Waals surface area contributed by atoms with E-state index in [1.54, 1.807) is 4.90 Å². The Morgan fingerprint density at radius 3 is 2.54 bits per heavy atom. The van der Waals surface area contributed by atoms with Crippen LogP contribution in [0.4, 0.5) is 4.79 Å². The number of aryl methyl sites for hydroxylation is 1. The van der Waals surface area contributed by atoms with Crippen LogP contribution in [0.15, 0.2) is 30.3 Å². The van der Waals surface area contributed by atoms with Crippen molar-refractivity contribution >= 4 is 6.09 Å². The quantitative estimate of drug-likeness (QED) is 0.840. The van der Waals surface area contributed by atoms with Crippen molar-refractivity contribution in [3.05, 3.63) is 41.7 Å². The number of tetrazole rings is 1. The zero-order chi connectivity index (χ0) is 21.2. The van der Waals surface area contributed by atoms with Crippen LogP contribution < -0.4 is 0 Å². The van der Waals surface area contributed by atoms with E-state index >= 15 is 0 Å². The molecule has 7 nitrogen and oxygen atoms in total. The summed E-state index contributed by atoms with van der Waals surface area (Å²) in [5, 5.41) is 12.0. The molecule has 0 bridgehead atoms. The molecular formula is C19H27N5O2. The number of rotatable bonds is 3. The zero-order valence-corrected chi connectivity index (χ0v) is 15.4. The van der Waals surface area contributed by atoms with Gasteiger partial charge in [0.2, 0.25) is 0 Å². The number of likely N-dealkylation sites (tertiary alicyclic amines) is 1. The number of benzene rings is 1. The van der Waals surface area contributed by atoms with E-state index in [0.717, 1.165) is 18.4 Å². The minimum Gasteiger partial charge on any atom is -0.444 e. The van der Waals surface area contributed by atoms with Crippen molar-refractivity contribution in [3.8, 4) is 0 Å². The van der Waals surface area contributed by atoms with Crippen LogP contribution in [0, 0.1) is 12.8 Å². The summed E-state index contributed by atoms with van der Waals surface area (Å²) in [5.74, 6) is -0.126. The van der Waals surface area contributed by atoms with Gasteiger partial charge < -0.3 is 9.64 Å². The topological polar surface area (TPSA) is 73.1 Å². The summed E-state index contributed by atoms with van der Waals surface area (Å²) in [5.41, 5.74) is 0.453. The highest BCUT2D eigenvalue weighted by molar-refractivity contribution is 5.68. The molecular weight excluding hydrogens is 330 g/mol. The van der Waals surface area contributed by atoms with E-state index in [1.165, 1.54) is 4.80 Å². The van der Waals surface area contributed by atoms with Crippen LogP contribution in [-0.4, -0.2) is 49.9 Å². The second-order valence-corrected chi connectivity index (χ2v) is 7.59. The summed E-state index contributed by atoms with van der Waals surface area (Å²) in [4.78, 5) is 15.5. The molecule has 1 unspecified atom stereocenters. The van der Waals surface area contributed by atoms with Gasteiger partial charge in [-0.1, -0.05) is 30.3 Å². The number of ether oxygens (including phenoxy) is 1. The van der Waals surface area contributed by atoms with Crippen LogP contribution >= 0.6 is 0 Å². The van der Waals surface area contributed by atoms with E-state index in [4.69, 9.17) is 8.85 Å². The van der Waals surface area contributed by atoms with E-state index in [9.17, 15) is 4.79 Å². The Kier molecular flexibility index (Phi) is 4.20. The molecule has 1 amide bonds. The fraction of sp³-hybridized carbons (Fsp3) is 0.579. The predicted molar refractivity (Wildman–Crippen MR) is 97.7 cm³/mol. The molecule has 1 atom stereocenters. The maximum Gasteiger partial charge on any atom is 0.410 e. The van der Waals surface area contributed by atoms with E-state index in [1.807, 2.05) is 51.1 Å². The second-order valence-electron chi connectivity index (χ2n) is 7.59. The van der Waals surface area contributed by atoms with Gasteiger partial charge in [-0.3, -0.25) is 0 Å². The van der Waals surface area contributed by atoms with E-state index in [2.05, 4.69) is 15.4 Å². The van der Waals surface area contributed by atoms with Crippen LogP contribution in [0.25, 0.3) is 0 Å². The van der Waals surface area contributed by atoms with Crippen LogP contribution in [0.3, 0.4) is 0 Å². The van der Waals surface area contributed by atoms with Crippen LogP contribution in [-0.2, 0) is 4.74 Å². The van der Waals surface area contributed by atoms with E-state index in [0.29, 0.717) is 13.1 Å². The molecule has 3 rings (SSSR count). The molecule has 0 spiro atoms. The normalized spacial score (nSPS) is 19.3. The Morgan fingerprint density at radius 2 is 1.96 bits per heavy atom. The van der Waals surface area contributed by atoms with Gasteiger partial charge in [-0.2, -0.15) is 4.80 Å². The largest absolute Gasteiger partial charge is 0.444 e. The summed E-state index contributed by atoms with van der Waals surface area (Å²) in [6.07, 6.45) is 1.14. The Hall–Kier alpha value is -2.44. The number of carbonyl (C=O) groups is 1. The smallest absolute Gasteiger partial charge is 0.410 e. The first-order chi connectivity index (χ1) is 13.5. The molecule has 0 N–H and O–H groups in total. The number of piperidine rings is 1. The molecule has 2 aromatic rings. The van der Waals surface area contributed by atoms with Gasteiger partial charge >= 0.3 is 6.09 Å². The molecule has 140 valence electrons. The average molecular weight is 360 g/mol. The Morgan fingerprint density at radius 1 is 1.27 bits per heavy atom. The molecule has 1 aliphatic rings. The minimum atomic E-state index is -2.40. The zero-order valence-electron chi connectivity index (χ0n) is 18.4. The Labute approximate surface area is 158 Å². The predicted octanol–water partition coefficient (Wildman–Crippen LogP) is 3.22. The lowest BCUT2D eigenvalue weighted by Crippen LogP contribution is -2.43. The van der Waals surface area contributed by atoms with Gasteiger partial charge in [0.25, 0.3) is 0 Å². The molecule has 1 saturated heterocycles. The third-order valence-electron chi connectivity index (χ3n) is 4.46. The molecule has 1 aromatic heterocycles. The maximum atomic E-state index is 12.3. The maximum absolute atomic E-state index is 12.3. The van der Waals surface area contributed by atoms with Crippen molar-refractivity contribution in [1.82, 2.24) is 25.1 Å². The third kappa shape index (κ3) is 4.39. The molecule has 7 heteroatoms. The molecule has 1 aromatic carbocycles. The third-order valence-corrected chi connectivity index (χ3v) is 4.46. The van der Waals surface area contributed by atoms with Crippen LogP contribution in [0.2, 0.25) is 0 Å². The first-order valence-corrected chi connectivity index (χ1v) is 8.87. The molecule has 1 aliphatic heterocycles. The van der Waals surface area contributed by atoms with Gasteiger partial charge in [0.1, 0.15) is 11.6 Å². The number of aromatic nitrogens is 4. The van der Waals surface area contributed by atoms with Gasteiger partial charge in [-0.25, -0.2) is 4.79 Å².